The third kappa shape index (κ3) is 11.0. The number of aryl methyl sites for hydroxylation is 3. The molecule has 2 aliphatic heterocycles. The highest BCUT2D eigenvalue weighted by Crippen LogP contribution is 2.40. The van der Waals surface area contributed by atoms with Crippen LogP contribution in [0.3, 0.4) is 0 Å². The molecule has 344 valence electrons. The molecule has 15 nitrogen and oxygen atoms in total. The molecule has 0 radical (unpaired) electrons. The van der Waals surface area contributed by atoms with Crippen LogP contribution < -0.4 is 16.0 Å². The van der Waals surface area contributed by atoms with Crippen molar-refractivity contribution in [3.05, 3.63) is 104 Å². The number of nitrogens with one attached hydrogen (secondary N) is 3. The number of likely N-dealkylation sites (tertiary alicyclic amines) is 1. The van der Waals surface area contributed by atoms with Gasteiger partial charge in [-0.15, -0.1) is 32.9 Å². The molecule has 2 aliphatic rings. The van der Waals surface area contributed by atoms with Crippen LogP contribution in [-0.4, -0.2) is 104 Å². The number of carbonyl (C=O) groups is 4. The molecule has 5 aromatic rings. The Hall–Kier alpha value is -5.33. The predicted octanol–water partition coefficient (Wildman–Crippen LogP) is 6.34. The zero-order valence-corrected chi connectivity index (χ0v) is 40.1. The van der Waals surface area contributed by atoms with Crippen LogP contribution in [0.25, 0.3) is 15.4 Å². The fourth-order valence-electron chi connectivity index (χ4n) is 8.09. The first-order chi connectivity index (χ1) is 31.0. The lowest BCUT2D eigenvalue weighted by molar-refractivity contribution is -0.144. The molecule has 4 amide bonds. The number of thiazole rings is 1. The number of halogens is 1. The molecular weight excluding hydrogens is 886 g/mol. The highest BCUT2D eigenvalue weighted by molar-refractivity contribution is 7.15. The summed E-state index contributed by atoms with van der Waals surface area (Å²) in [5, 5.41) is 29.8. The molecule has 0 spiro atoms. The molecule has 1 saturated heterocycles. The molecule has 5 heterocycles. The van der Waals surface area contributed by atoms with Crippen LogP contribution in [0.1, 0.15) is 97.0 Å². The van der Waals surface area contributed by atoms with E-state index in [1.165, 1.54) is 4.90 Å². The SMILES string of the molecule is Cc1ncsc1-c1ccc(CNC(=O)[C@@H]2C[C@@H](O)CN2C(=O)C(NC(=O)COCCCCNC(=O)C[C@@H]2N=C(c3ccc(Cl)cc3)c3c(sc(C)c3C)-n3c(C)nnc32)C(C)(C)C)cc1. The number of unbranched alkanes of at least 4 members (excludes halogenated alkanes) is 1. The zero-order chi connectivity index (χ0) is 46.6. The van der Waals surface area contributed by atoms with Gasteiger partial charge in [-0.3, -0.25) is 28.7 Å². The van der Waals surface area contributed by atoms with Crippen molar-refractivity contribution in [2.75, 3.05) is 26.3 Å². The smallest absolute Gasteiger partial charge is 0.246 e. The van der Waals surface area contributed by atoms with Crippen LogP contribution in [0.5, 0.6) is 0 Å². The van der Waals surface area contributed by atoms with E-state index in [1.807, 2.05) is 93.2 Å². The van der Waals surface area contributed by atoms with E-state index < -0.39 is 41.5 Å². The number of ether oxygens (including phenoxy) is 1. The number of hydrogen-bond donors (Lipinski definition) is 4. The minimum absolute atomic E-state index is 0.0237. The first-order valence-corrected chi connectivity index (χ1v) is 23.8. The second-order valence-electron chi connectivity index (χ2n) is 17.7. The molecule has 7 rings (SSSR count). The topological polar surface area (TPSA) is 193 Å². The molecular formula is C47H56ClN9O6S2. The Labute approximate surface area is 392 Å². The Balaban J connectivity index is 0.873. The lowest BCUT2D eigenvalue weighted by atomic mass is 9.85. The van der Waals surface area contributed by atoms with Crippen LogP contribution >= 0.6 is 34.3 Å². The third-order valence-corrected chi connectivity index (χ3v) is 14.1. The summed E-state index contributed by atoms with van der Waals surface area (Å²) in [5.74, 6) is -0.170. The Morgan fingerprint density at radius 2 is 1.68 bits per heavy atom. The normalized spacial score (nSPS) is 17.5. The van der Waals surface area contributed by atoms with Crippen LogP contribution in [0.15, 0.2) is 59.0 Å². The van der Waals surface area contributed by atoms with Gasteiger partial charge >= 0.3 is 0 Å². The number of rotatable bonds is 16. The molecule has 2 aromatic carbocycles. The molecule has 18 heteroatoms. The maximum absolute atomic E-state index is 14.0. The minimum Gasteiger partial charge on any atom is -0.391 e. The fourth-order valence-corrected chi connectivity index (χ4v) is 10.2. The van der Waals surface area contributed by atoms with E-state index in [-0.39, 0.29) is 51.0 Å². The van der Waals surface area contributed by atoms with E-state index >= 15 is 0 Å². The van der Waals surface area contributed by atoms with Crippen molar-refractivity contribution in [3.8, 4) is 15.4 Å². The molecule has 0 bridgehead atoms. The molecule has 4 atom stereocenters. The Morgan fingerprint density at radius 1 is 0.954 bits per heavy atom. The lowest BCUT2D eigenvalue weighted by Gasteiger charge is -2.35. The molecule has 1 unspecified atom stereocenters. The molecule has 0 saturated carbocycles. The van der Waals surface area contributed by atoms with Gasteiger partial charge in [0.05, 0.1) is 34.3 Å². The summed E-state index contributed by atoms with van der Waals surface area (Å²) >= 11 is 9.46. The first kappa shape index (κ1) is 47.6. The van der Waals surface area contributed by atoms with Crippen LogP contribution in [0.2, 0.25) is 5.02 Å². The number of aliphatic hydroxyl groups is 1. The number of amides is 4. The van der Waals surface area contributed by atoms with Crippen LogP contribution in [0.4, 0.5) is 0 Å². The lowest BCUT2D eigenvalue weighted by Crippen LogP contribution is -2.58. The molecule has 65 heavy (non-hydrogen) atoms. The summed E-state index contributed by atoms with van der Waals surface area (Å²) in [6.07, 6.45) is 0.450. The van der Waals surface area contributed by atoms with Gasteiger partial charge in [-0.05, 0) is 74.8 Å². The number of aliphatic hydroxyl groups excluding tert-OH is 1. The van der Waals surface area contributed by atoms with E-state index in [0.717, 1.165) is 54.0 Å². The number of carbonyl (C=O) groups excluding carboxylic acids is 4. The number of β-amino-alcohol motifs (C(OH)–C–C–N with tert-alkyl or cyclic N) is 1. The predicted molar refractivity (Wildman–Crippen MR) is 253 cm³/mol. The largest absolute Gasteiger partial charge is 0.391 e. The highest BCUT2D eigenvalue weighted by Gasteiger charge is 2.44. The average Bonchev–Trinajstić information content (AvgIpc) is 4.03. The van der Waals surface area contributed by atoms with Crippen molar-refractivity contribution in [2.45, 2.75) is 105 Å². The van der Waals surface area contributed by atoms with Gasteiger partial charge < -0.3 is 30.7 Å². The van der Waals surface area contributed by atoms with Crippen LogP contribution in [0, 0.1) is 33.1 Å². The third-order valence-electron chi connectivity index (χ3n) is 11.7. The van der Waals surface area contributed by atoms with Gasteiger partial charge in [-0.25, -0.2) is 4.98 Å². The number of fused-ring (bicyclic) bond motifs is 3. The van der Waals surface area contributed by atoms with Crippen molar-refractivity contribution >= 4 is 63.6 Å². The zero-order valence-electron chi connectivity index (χ0n) is 37.7. The van der Waals surface area contributed by atoms with Gasteiger partial charge in [0.2, 0.25) is 23.6 Å². The van der Waals surface area contributed by atoms with E-state index in [9.17, 15) is 24.3 Å². The second kappa shape index (κ2) is 20.5. The molecule has 0 aliphatic carbocycles. The number of nitrogens with zero attached hydrogens (tertiary/aromatic N) is 6. The number of benzene rings is 2. The number of hydrogen-bond acceptors (Lipinski definition) is 12. The standard InChI is InChI=1S/C47H56ClN9O6S2/c1-26-28(3)65-46-39(26)40(31-14-16-33(48)17-15-31)52-35(43-55-54-29(4)57(43)46)21-37(59)49-18-8-9-19-63-24-38(60)53-42(47(5,6)7)45(62)56-23-34(58)20-36(56)44(61)50-22-30-10-12-32(13-11-30)41-27(2)51-25-64-41/h10-17,25,34-36,42,58H,8-9,18-24H2,1-7H3,(H,49,59)(H,50,61)(H,53,60)/t34-,35+,36+,42?/m1/s1. The van der Waals surface area contributed by atoms with Crippen LogP contribution in [-0.2, 0) is 30.5 Å². The van der Waals surface area contributed by atoms with Gasteiger partial charge in [0.1, 0.15) is 35.6 Å². The second-order valence-corrected chi connectivity index (χ2v) is 20.2. The molecule has 1 fully saturated rings. The first-order valence-electron chi connectivity index (χ1n) is 21.8. The van der Waals surface area contributed by atoms with Crippen molar-refractivity contribution in [1.29, 1.82) is 0 Å². The van der Waals surface area contributed by atoms with E-state index in [1.54, 1.807) is 22.7 Å². The Kier molecular flexibility index (Phi) is 15.0. The maximum Gasteiger partial charge on any atom is 0.246 e. The Bertz CT molecular complexity index is 2560. The quantitative estimate of drug-likeness (QED) is 0.0817. The number of aromatic nitrogens is 4. The molecule has 4 N–H and O–H groups in total. The number of aliphatic imine (C=N–C) groups is 1. The average molecular weight is 943 g/mol. The summed E-state index contributed by atoms with van der Waals surface area (Å²) in [6, 6.07) is 12.9. The number of thiophene rings is 1. The summed E-state index contributed by atoms with van der Waals surface area (Å²) in [4.78, 5) is 67.1. The van der Waals surface area contributed by atoms with Gasteiger partial charge in [0.15, 0.2) is 5.82 Å². The summed E-state index contributed by atoms with van der Waals surface area (Å²) < 4.78 is 7.70. The van der Waals surface area contributed by atoms with Crippen molar-refractivity contribution in [1.82, 2.24) is 40.6 Å². The van der Waals surface area contributed by atoms with Crippen molar-refractivity contribution < 1.29 is 29.0 Å². The minimum atomic E-state index is -0.977. The summed E-state index contributed by atoms with van der Waals surface area (Å²) in [6.45, 7) is 14.1. The monoisotopic (exact) mass is 941 g/mol. The van der Waals surface area contributed by atoms with E-state index in [4.69, 9.17) is 21.3 Å². The van der Waals surface area contributed by atoms with Crippen molar-refractivity contribution in [3.63, 3.8) is 0 Å². The van der Waals surface area contributed by atoms with E-state index in [0.29, 0.717) is 36.1 Å². The van der Waals surface area contributed by atoms with E-state index in [2.05, 4.69) is 45.0 Å². The van der Waals surface area contributed by atoms with Gasteiger partial charge in [-0.1, -0.05) is 68.8 Å². The highest BCUT2D eigenvalue weighted by atomic mass is 35.5. The summed E-state index contributed by atoms with van der Waals surface area (Å²) in [7, 11) is 0. The summed E-state index contributed by atoms with van der Waals surface area (Å²) in [5.41, 5.74) is 7.77. The Morgan fingerprint density at radius 3 is 2.37 bits per heavy atom. The van der Waals surface area contributed by atoms with Gasteiger partial charge in [0.25, 0.3) is 0 Å². The van der Waals surface area contributed by atoms with Gasteiger partial charge in [0, 0.05) is 53.7 Å². The fraction of sp³-hybridized carbons (Fsp3) is 0.447. The van der Waals surface area contributed by atoms with Crippen molar-refractivity contribution in [2.24, 2.45) is 10.4 Å². The van der Waals surface area contributed by atoms with Gasteiger partial charge in [-0.2, -0.15) is 0 Å². The maximum atomic E-state index is 14.0. The molecule has 3 aromatic heterocycles.